The fourth-order valence-electron chi connectivity index (χ4n) is 3.06. The predicted molar refractivity (Wildman–Crippen MR) is 79.1 cm³/mol. The van der Waals surface area contributed by atoms with E-state index in [1.54, 1.807) is 7.11 Å². The SMILES string of the molecule is COc1ccc(C(O)C2(C)CCCO2)c2ccccc12. The molecule has 0 saturated carbocycles. The number of hydrogen-bond acceptors (Lipinski definition) is 3. The Labute approximate surface area is 119 Å². The molecule has 2 unspecified atom stereocenters. The van der Waals surface area contributed by atoms with Crippen LogP contribution in [0.2, 0.25) is 0 Å². The average Bonchev–Trinajstić information content (AvgIpc) is 2.93. The molecule has 1 aliphatic heterocycles. The van der Waals surface area contributed by atoms with E-state index >= 15 is 0 Å². The second kappa shape index (κ2) is 5.08. The van der Waals surface area contributed by atoms with Gasteiger partial charge in [0.15, 0.2) is 0 Å². The van der Waals surface area contributed by atoms with Gasteiger partial charge in [0.2, 0.25) is 0 Å². The van der Waals surface area contributed by atoms with Gasteiger partial charge >= 0.3 is 0 Å². The Morgan fingerprint density at radius 3 is 2.60 bits per heavy atom. The van der Waals surface area contributed by atoms with E-state index in [9.17, 15) is 5.11 Å². The third-order valence-corrected chi connectivity index (χ3v) is 4.26. The summed E-state index contributed by atoms with van der Waals surface area (Å²) >= 11 is 0. The summed E-state index contributed by atoms with van der Waals surface area (Å²) in [7, 11) is 1.67. The number of fused-ring (bicyclic) bond motifs is 1. The van der Waals surface area contributed by atoms with E-state index in [1.807, 2.05) is 43.3 Å². The highest BCUT2D eigenvalue weighted by Gasteiger charge is 2.39. The van der Waals surface area contributed by atoms with Crippen molar-refractivity contribution in [2.45, 2.75) is 31.5 Å². The molecule has 0 bridgehead atoms. The number of aliphatic hydroxyl groups excluding tert-OH is 1. The Morgan fingerprint density at radius 2 is 1.95 bits per heavy atom. The minimum atomic E-state index is -0.624. The molecule has 1 heterocycles. The number of hydrogen-bond donors (Lipinski definition) is 1. The highest BCUT2D eigenvalue weighted by atomic mass is 16.5. The number of rotatable bonds is 3. The van der Waals surface area contributed by atoms with Crippen LogP contribution in [-0.4, -0.2) is 24.4 Å². The molecule has 106 valence electrons. The molecule has 1 saturated heterocycles. The lowest BCUT2D eigenvalue weighted by molar-refractivity contribution is -0.0790. The summed E-state index contributed by atoms with van der Waals surface area (Å²) in [6.07, 6.45) is 1.26. The monoisotopic (exact) mass is 272 g/mol. The maximum Gasteiger partial charge on any atom is 0.126 e. The van der Waals surface area contributed by atoms with Gasteiger partial charge in [0.05, 0.1) is 12.7 Å². The predicted octanol–water partition coefficient (Wildman–Crippen LogP) is 3.45. The molecule has 20 heavy (non-hydrogen) atoms. The van der Waals surface area contributed by atoms with Gasteiger partial charge in [0, 0.05) is 12.0 Å². The second-order valence-corrected chi connectivity index (χ2v) is 5.57. The number of methoxy groups -OCH3 is 1. The second-order valence-electron chi connectivity index (χ2n) is 5.57. The Morgan fingerprint density at radius 1 is 1.20 bits per heavy atom. The Hall–Kier alpha value is -1.58. The molecule has 3 rings (SSSR count). The molecule has 0 aromatic heterocycles. The van der Waals surface area contributed by atoms with Gasteiger partial charge in [-0.2, -0.15) is 0 Å². The van der Waals surface area contributed by atoms with Crippen molar-refractivity contribution < 1.29 is 14.6 Å². The molecule has 2 aromatic rings. The van der Waals surface area contributed by atoms with Gasteiger partial charge in [0.25, 0.3) is 0 Å². The standard InChI is InChI=1S/C17H20O3/c1-17(10-5-11-20-17)16(18)14-8-9-15(19-2)13-7-4-3-6-12(13)14/h3-4,6-9,16,18H,5,10-11H2,1-2H3. The Balaban J connectivity index is 2.12. The fourth-order valence-corrected chi connectivity index (χ4v) is 3.06. The summed E-state index contributed by atoms with van der Waals surface area (Å²) in [5.74, 6) is 0.828. The van der Waals surface area contributed by atoms with Crippen LogP contribution in [0.1, 0.15) is 31.4 Å². The topological polar surface area (TPSA) is 38.7 Å². The van der Waals surface area contributed by atoms with Gasteiger partial charge in [-0.15, -0.1) is 0 Å². The zero-order valence-electron chi connectivity index (χ0n) is 11.9. The van der Waals surface area contributed by atoms with Crippen LogP contribution in [0.25, 0.3) is 10.8 Å². The van der Waals surface area contributed by atoms with Crippen LogP contribution < -0.4 is 4.74 Å². The van der Waals surface area contributed by atoms with Gasteiger partial charge < -0.3 is 14.6 Å². The largest absolute Gasteiger partial charge is 0.496 e. The number of benzene rings is 2. The van der Waals surface area contributed by atoms with Crippen LogP contribution in [0.5, 0.6) is 5.75 Å². The third kappa shape index (κ3) is 2.07. The summed E-state index contributed by atoms with van der Waals surface area (Å²) in [4.78, 5) is 0. The van der Waals surface area contributed by atoms with E-state index in [0.717, 1.165) is 41.5 Å². The van der Waals surface area contributed by atoms with Crippen LogP contribution in [0, 0.1) is 0 Å². The molecular formula is C17H20O3. The van der Waals surface area contributed by atoms with Crippen molar-refractivity contribution in [2.24, 2.45) is 0 Å². The minimum Gasteiger partial charge on any atom is -0.496 e. The van der Waals surface area contributed by atoms with Crippen molar-refractivity contribution in [3.63, 3.8) is 0 Å². The quantitative estimate of drug-likeness (QED) is 0.930. The lowest BCUT2D eigenvalue weighted by Gasteiger charge is -2.30. The van der Waals surface area contributed by atoms with Crippen LogP contribution in [0.3, 0.4) is 0 Å². The Bertz CT molecular complexity index is 615. The van der Waals surface area contributed by atoms with E-state index in [-0.39, 0.29) is 0 Å². The molecule has 2 atom stereocenters. The molecule has 1 aliphatic rings. The molecule has 3 heteroatoms. The highest BCUT2D eigenvalue weighted by molar-refractivity contribution is 5.91. The molecule has 1 fully saturated rings. The molecule has 1 N–H and O–H groups in total. The van der Waals surface area contributed by atoms with Crippen molar-refractivity contribution in [1.29, 1.82) is 0 Å². The van der Waals surface area contributed by atoms with E-state index in [2.05, 4.69) is 0 Å². The minimum absolute atomic E-state index is 0.489. The molecule has 0 radical (unpaired) electrons. The van der Waals surface area contributed by atoms with Crippen molar-refractivity contribution in [3.8, 4) is 5.75 Å². The van der Waals surface area contributed by atoms with Crippen molar-refractivity contribution in [1.82, 2.24) is 0 Å². The van der Waals surface area contributed by atoms with Gasteiger partial charge in [-0.1, -0.05) is 30.3 Å². The molecular weight excluding hydrogens is 252 g/mol. The summed E-state index contributed by atoms with van der Waals surface area (Å²) in [6, 6.07) is 11.9. The summed E-state index contributed by atoms with van der Waals surface area (Å²) < 4.78 is 11.2. The maximum absolute atomic E-state index is 10.8. The van der Waals surface area contributed by atoms with E-state index in [1.165, 1.54) is 0 Å². The zero-order chi connectivity index (χ0) is 14.2. The van der Waals surface area contributed by atoms with Gasteiger partial charge in [0.1, 0.15) is 11.9 Å². The fraction of sp³-hybridized carbons (Fsp3) is 0.412. The zero-order valence-corrected chi connectivity index (χ0v) is 11.9. The van der Waals surface area contributed by atoms with Crippen LogP contribution in [0.15, 0.2) is 36.4 Å². The summed E-state index contributed by atoms with van der Waals surface area (Å²) in [6.45, 7) is 2.71. The molecule has 0 aliphatic carbocycles. The smallest absolute Gasteiger partial charge is 0.126 e. The van der Waals surface area contributed by atoms with Gasteiger partial charge in [-0.05, 0) is 36.8 Å². The van der Waals surface area contributed by atoms with Crippen molar-refractivity contribution in [3.05, 3.63) is 42.0 Å². The lowest BCUT2D eigenvalue weighted by atomic mass is 9.87. The van der Waals surface area contributed by atoms with Crippen molar-refractivity contribution in [2.75, 3.05) is 13.7 Å². The molecule has 3 nitrogen and oxygen atoms in total. The van der Waals surface area contributed by atoms with E-state index < -0.39 is 11.7 Å². The molecule has 0 spiro atoms. The average molecular weight is 272 g/mol. The Kier molecular flexibility index (Phi) is 3.40. The van der Waals surface area contributed by atoms with Gasteiger partial charge in [-0.25, -0.2) is 0 Å². The van der Waals surface area contributed by atoms with Crippen LogP contribution in [0.4, 0.5) is 0 Å². The van der Waals surface area contributed by atoms with E-state index in [4.69, 9.17) is 9.47 Å². The lowest BCUT2D eigenvalue weighted by Crippen LogP contribution is -2.32. The first kappa shape index (κ1) is 13.4. The number of ether oxygens (including phenoxy) is 2. The molecule has 0 amide bonds. The van der Waals surface area contributed by atoms with E-state index in [0.29, 0.717) is 0 Å². The molecule has 2 aromatic carbocycles. The third-order valence-electron chi connectivity index (χ3n) is 4.26. The summed E-state index contributed by atoms with van der Waals surface area (Å²) in [5, 5.41) is 12.8. The normalized spacial score (nSPS) is 23.9. The first-order valence-corrected chi connectivity index (χ1v) is 7.03. The maximum atomic E-state index is 10.8. The highest BCUT2D eigenvalue weighted by Crippen LogP contribution is 2.41. The first-order chi connectivity index (χ1) is 9.65. The summed E-state index contributed by atoms with van der Waals surface area (Å²) in [5.41, 5.74) is 0.419. The van der Waals surface area contributed by atoms with Crippen LogP contribution in [-0.2, 0) is 4.74 Å². The number of aliphatic hydroxyl groups is 1. The van der Waals surface area contributed by atoms with Crippen LogP contribution >= 0.6 is 0 Å². The first-order valence-electron chi connectivity index (χ1n) is 7.03. The van der Waals surface area contributed by atoms with Gasteiger partial charge in [-0.3, -0.25) is 0 Å². The van der Waals surface area contributed by atoms with Crippen molar-refractivity contribution >= 4 is 10.8 Å².